The summed E-state index contributed by atoms with van der Waals surface area (Å²) in [6.45, 7) is 6.15. The number of rotatable bonds is 9. The van der Waals surface area contributed by atoms with Gasteiger partial charge in [0.2, 0.25) is 0 Å². The molecule has 33 heavy (non-hydrogen) atoms. The number of carbonyl (C=O) groups is 2. The Morgan fingerprint density at radius 2 is 1.94 bits per heavy atom. The van der Waals surface area contributed by atoms with Crippen molar-refractivity contribution in [1.29, 1.82) is 5.26 Å². The number of aromatic nitrogens is 1. The Kier molecular flexibility index (Phi) is 8.32. The van der Waals surface area contributed by atoms with Crippen LogP contribution >= 0.6 is 24.0 Å². The molecular formula is C23H28N4O4S2. The Morgan fingerprint density at radius 3 is 2.55 bits per heavy atom. The highest BCUT2D eigenvalue weighted by Gasteiger charge is 2.33. The number of carboxylic acids is 1. The van der Waals surface area contributed by atoms with E-state index in [2.05, 4.69) is 4.90 Å². The first kappa shape index (κ1) is 25.0. The van der Waals surface area contributed by atoms with Crippen LogP contribution < -0.4 is 10.5 Å². The molecule has 0 spiro atoms. The van der Waals surface area contributed by atoms with Crippen molar-refractivity contribution in [2.24, 2.45) is 0 Å². The standard InChI is InChI=1S/C23H28N4O4S2/c1-3-26-20(25-10-7-8-11-25)16(15(2)17(14-24)21(26)30)13-18-22(31)27(23(32)33-18)12-6-4-5-9-19(28)29/h13H,3-12H2,1-2H3,(H,28,29)/b18-13-. The van der Waals surface area contributed by atoms with Crippen molar-refractivity contribution in [2.45, 2.75) is 58.9 Å². The van der Waals surface area contributed by atoms with Crippen LogP contribution in [-0.2, 0) is 16.1 Å². The summed E-state index contributed by atoms with van der Waals surface area (Å²) in [6.07, 6.45) is 5.89. The molecule has 176 valence electrons. The molecule has 1 amide bonds. The van der Waals surface area contributed by atoms with Crippen molar-refractivity contribution < 1.29 is 14.7 Å². The van der Waals surface area contributed by atoms with Gasteiger partial charge in [-0.15, -0.1) is 0 Å². The molecule has 8 nitrogen and oxygen atoms in total. The fraction of sp³-hybridized carbons (Fsp3) is 0.522. The Morgan fingerprint density at radius 1 is 1.24 bits per heavy atom. The number of carboxylic acid groups (broad SMARTS) is 1. The van der Waals surface area contributed by atoms with Gasteiger partial charge in [-0.1, -0.05) is 30.4 Å². The summed E-state index contributed by atoms with van der Waals surface area (Å²) >= 11 is 6.66. The molecule has 0 bridgehead atoms. The zero-order valence-electron chi connectivity index (χ0n) is 18.9. The number of carbonyl (C=O) groups excluding carboxylic acids is 1. The molecule has 0 unspecified atom stereocenters. The van der Waals surface area contributed by atoms with Gasteiger partial charge in [0.1, 0.15) is 21.8 Å². The maximum Gasteiger partial charge on any atom is 0.303 e. The number of hydrogen-bond donors (Lipinski definition) is 1. The zero-order valence-corrected chi connectivity index (χ0v) is 20.6. The first-order valence-corrected chi connectivity index (χ1v) is 12.4. The molecule has 2 fully saturated rings. The van der Waals surface area contributed by atoms with E-state index < -0.39 is 5.97 Å². The maximum atomic E-state index is 13.1. The minimum atomic E-state index is -0.821. The van der Waals surface area contributed by atoms with Gasteiger partial charge in [0.05, 0.1) is 4.91 Å². The molecule has 2 aliphatic heterocycles. The molecule has 0 radical (unpaired) electrons. The molecule has 3 rings (SSSR count). The highest BCUT2D eigenvalue weighted by molar-refractivity contribution is 8.26. The normalized spacial score (nSPS) is 17.3. The second-order valence-electron chi connectivity index (χ2n) is 8.13. The van der Waals surface area contributed by atoms with E-state index in [0.29, 0.717) is 47.1 Å². The van der Waals surface area contributed by atoms with E-state index in [4.69, 9.17) is 17.3 Å². The van der Waals surface area contributed by atoms with E-state index in [9.17, 15) is 19.6 Å². The van der Waals surface area contributed by atoms with E-state index in [1.807, 2.05) is 13.0 Å². The minimum Gasteiger partial charge on any atom is -0.481 e. The Balaban J connectivity index is 1.94. The smallest absolute Gasteiger partial charge is 0.303 e. The molecule has 3 heterocycles. The predicted molar refractivity (Wildman–Crippen MR) is 133 cm³/mol. The SMILES string of the molecule is CCn1c(N2CCCC2)c(/C=C2\SC(=S)N(CCCCCC(=O)O)C2=O)c(C)c(C#N)c1=O. The second-order valence-corrected chi connectivity index (χ2v) is 9.81. The van der Waals surface area contributed by atoms with Crippen LogP contribution in [0.1, 0.15) is 62.1 Å². The van der Waals surface area contributed by atoms with E-state index >= 15 is 0 Å². The average molecular weight is 489 g/mol. The van der Waals surface area contributed by atoms with Crippen molar-refractivity contribution >= 4 is 52.1 Å². The molecule has 0 saturated carbocycles. The lowest BCUT2D eigenvalue weighted by Gasteiger charge is -2.26. The predicted octanol–water partition coefficient (Wildman–Crippen LogP) is 3.49. The van der Waals surface area contributed by atoms with E-state index in [0.717, 1.165) is 37.3 Å². The number of nitriles is 1. The van der Waals surface area contributed by atoms with Gasteiger partial charge in [0.25, 0.3) is 11.5 Å². The number of thiocarbonyl (C=S) groups is 1. The number of anilines is 1. The summed E-state index contributed by atoms with van der Waals surface area (Å²) < 4.78 is 2.10. The number of aliphatic carboxylic acids is 1. The number of pyridine rings is 1. The molecule has 1 aromatic rings. The second kappa shape index (κ2) is 11.0. The molecule has 0 aromatic carbocycles. The molecule has 0 aliphatic carbocycles. The third-order valence-electron chi connectivity index (χ3n) is 5.99. The lowest BCUT2D eigenvalue weighted by Crippen LogP contribution is -2.33. The summed E-state index contributed by atoms with van der Waals surface area (Å²) in [4.78, 5) is 40.9. The number of thioether (sulfide) groups is 1. The third-order valence-corrected chi connectivity index (χ3v) is 7.37. The maximum absolute atomic E-state index is 13.1. The van der Waals surface area contributed by atoms with Crippen LogP contribution in [0.2, 0.25) is 0 Å². The van der Waals surface area contributed by atoms with Gasteiger partial charge in [-0.05, 0) is 51.2 Å². The van der Waals surface area contributed by atoms with Gasteiger partial charge in [0, 0.05) is 38.2 Å². The fourth-order valence-corrected chi connectivity index (χ4v) is 5.54. The fourth-order valence-electron chi connectivity index (χ4n) is 4.25. The number of nitrogens with zero attached hydrogens (tertiary/aromatic N) is 4. The third kappa shape index (κ3) is 5.31. The summed E-state index contributed by atoms with van der Waals surface area (Å²) in [5.41, 5.74) is 1.09. The van der Waals surface area contributed by atoms with Gasteiger partial charge in [-0.2, -0.15) is 5.26 Å². The van der Waals surface area contributed by atoms with E-state index in [-0.39, 0.29) is 23.5 Å². The average Bonchev–Trinajstić information content (AvgIpc) is 3.39. The summed E-state index contributed by atoms with van der Waals surface area (Å²) in [5.74, 6) is -0.254. The first-order chi connectivity index (χ1) is 15.8. The topological polar surface area (TPSA) is 107 Å². The van der Waals surface area contributed by atoms with Crippen LogP contribution in [0.15, 0.2) is 9.70 Å². The molecule has 0 atom stereocenters. The summed E-state index contributed by atoms with van der Waals surface area (Å²) in [7, 11) is 0. The van der Waals surface area contributed by atoms with Crippen molar-refractivity contribution in [3.8, 4) is 6.07 Å². The van der Waals surface area contributed by atoms with Crippen LogP contribution in [-0.4, -0.2) is 50.4 Å². The largest absolute Gasteiger partial charge is 0.481 e. The molecule has 1 N–H and O–H groups in total. The lowest BCUT2D eigenvalue weighted by atomic mass is 10.0. The summed E-state index contributed by atoms with van der Waals surface area (Å²) in [6, 6.07) is 2.05. The van der Waals surface area contributed by atoms with Crippen molar-refractivity contribution in [2.75, 3.05) is 24.5 Å². The Hall–Kier alpha value is -2.64. The van der Waals surface area contributed by atoms with Crippen LogP contribution in [0.5, 0.6) is 0 Å². The number of amides is 1. The lowest BCUT2D eigenvalue weighted by molar-refractivity contribution is -0.137. The molecular weight excluding hydrogens is 460 g/mol. The Bertz CT molecular complexity index is 1100. The van der Waals surface area contributed by atoms with Gasteiger partial charge in [-0.3, -0.25) is 23.9 Å². The van der Waals surface area contributed by atoms with Crippen LogP contribution in [0.3, 0.4) is 0 Å². The van der Waals surface area contributed by atoms with Gasteiger partial charge >= 0.3 is 5.97 Å². The monoisotopic (exact) mass is 488 g/mol. The van der Waals surface area contributed by atoms with Crippen molar-refractivity contribution in [1.82, 2.24) is 9.47 Å². The van der Waals surface area contributed by atoms with Gasteiger partial charge in [-0.25, -0.2) is 0 Å². The van der Waals surface area contributed by atoms with E-state index in [1.165, 1.54) is 11.8 Å². The van der Waals surface area contributed by atoms with Crippen LogP contribution in [0, 0.1) is 18.3 Å². The van der Waals surface area contributed by atoms with Crippen molar-refractivity contribution in [3.63, 3.8) is 0 Å². The summed E-state index contributed by atoms with van der Waals surface area (Å²) in [5, 5.41) is 18.4. The zero-order chi connectivity index (χ0) is 24.1. The Labute approximate surface area is 202 Å². The molecule has 1 aromatic heterocycles. The van der Waals surface area contributed by atoms with Crippen LogP contribution in [0.25, 0.3) is 6.08 Å². The first-order valence-electron chi connectivity index (χ1n) is 11.2. The van der Waals surface area contributed by atoms with Crippen LogP contribution in [0.4, 0.5) is 5.82 Å². The minimum absolute atomic E-state index is 0.0972. The highest BCUT2D eigenvalue weighted by atomic mass is 32.2. The quantitative estimate of drug-likeness (QED) is 0.320. The number of hydrogen-bond acceptors (Lipinski definition) is 7. The van der Waals surface area contributed by atoms with Gasteiger partial charge in [0.15, 0.2) is 0 Å². The molecule has 2 saturated heterocycles. The molecule has 10 heteroatoms. The van der Waals surface area contributed by atoms with Crippen molar-refractivity contribution in [3.05, 3.63) is 31.9 Å². The van der Waals surface area contributed by atoms with E-state index in [1.54, 1.807) is 22.5 Å². The number of unbranched alkanes of at least 4 members (excludes halogenated alkanes) is 2. The highest BCUT2D eigenvalue weighted by Crippen LogP contribution is 2.36. The molecule has 2 aliphatic rings. The van der Waals surface area contributed by atoms with Gasteiger partial charge < -0.3 is 10.0 Å².